The highest BCUT2D eigenvalue weighted by Gasteiger charge is 2.09. The second-order valence-electron chi connectivity index (χ2n) is 4.44. The van der Waals surface area contributed by atoms with Gasteiger partial charge in [0.25, 0.3) is 0 Å². The van der Waals surface area contributed by atoms with Gasteiger partial charge in [-0.25, -0.2) is 0 Å². The molecule has 0 fully saturated rings. The molecule has 0 bridgehead atoms. The molecule has 84 valence electrons. The van der Waals surface area contributed by atoms with Gasteiger partial charge in [0, 0.05) is 19.2 Å². The van der Waals surface area contributed by atoms with Gasteiger partial charge < -0.3 is 0 Å². The standard InChI is InChI=1S/C14H18N2/c1-10-5-7-13(8-6-10)9-14-11(2)12(3)15-16(14)4/h5-8H,9H2,1-4H3. The Kier molecular flexibility index (Phi) is 2.82. The van der Waals surface area contributed by atoms with Gasteiger partial charge in [-0.1, -0.05) is 29.8 Å². The third kappa shape index (κ3) is 2.01. The maximum atomic E-state index is 4.44. The Hall–Kier alpha value is -1.57. The highest BCUT2D eigenvalue weighted by molar-refractivity contribution is 5.31. The monoisotopic (exact) mass is 214 g/mol. The number of rotatable bonds is 2. The summed E-state index contributed by atoms with van der Waals surface area (Å²) in [6.45, 7) is 6.32. The van der Waals surface area contributed by atoms with E-state index in [1.807, 2.05) is 11.7 Å². The molecule has 0 spiro atoms. The van der Waals surface area contributed by atoms with Crippen molar-refractivity contribution >= 4 is 0 Å². The van der Waals surface area contributed by atoms with Crippen molar-refractivity contribution in [2.24, 2.45) is 7.05 Å². The quantitative estimate of drug-likeness (QED) is 0.751. The number of nitrogens with zero attached hydrogens (tertiary/aromatic N) is 2. The van der Waals surface area contributed by atoms with E-state index in [0.717, 1.165) is 12.1 Å². The average Bonchev–Trinajstić information content (AvgIpc) is 2.48. The van der Waals surface area contributed by atoms with Gasteiger partial charge in [0.05, 0.1) is 5.69 Å². The molecular formula is C14H18N2. The van der Waals surface area contributed by atoms with Gasteiger partial charge in [-0.15, -0.1) is 0 Å². The molecule has 2 aromatic rings. The van der Waals surface area contributed by atoms with Crippen LogP contribution in [0.2, 0.25) is 0 Å². The van der Waals surface area contributed by atoms with Crippen molar-refractivity contribution in [3.8, 4) is 0 Å². The lowest BCUT2D eigenvalue weighted by Crippen LogP contribution is -2.00. The van der Waals surface area contributed by atoms with Crippen LogP contribution in [0.25, 0.3) is 0 Å². The van der Waals surface area contributed by atoms with Crippen LogP contribution < -0.4 is 0 Å². The topological polar surface area (TPSA) is 17.8 Å². The van der Waals surface area contributed by atoms with Crippen molar-refractivity contribution in [1.29, 1.82) is 0 Å². The maximum Gasteiger partial charge on any atom is 0.0625 e. The highest BCUT2D eigenvalue weighted by atomic mass is 15.3. The highest BCUT2D eigenvalue weighted by Crippen LogP contribution is 2.16. The van der Waals surface area contributed by atoms with Crippen LogP contribution in [-0.4, -0.2) is 9.78 Å². The Bertz CT molecular complexity index is 492. The Morgan fingerprint density at radius 2 is 1.69 bits per heavy atom. The van der Waals surface area contributed by atoms with Crippen molar-refractivity contribution in [2.45, 2.75) is 27.2 Å². The molecule has 2 heteroatoms. The fourth-order valence-corrected chi connectivity index (χ4v) is 1.96. The van der Waals surface area contributed by atoms with Crippen LogP contribution in [0.1, 0.15) is 28.1 Å². The van der Waals surface area contributed by atoms with E-state index in [-0.39, 0.29) is 0 Å². The lowest BCUT2D eigenvalue weighted by Gasteiger charge is -2.04. The summed E-state index contributed by atoms with van der Waals surface area (Å²) < 4.78 is 1.99. The zero-order chi connectivity index (χ0) is 11.7. The van der Waals surface area contributed by atoms with Crippen molar-refractivity contribution in [2.75, 3.05) is 0 Å². The van der Waals surface area contributed by atoms with E-state index in [4.69, 9.17) is 0 Å². The molecule has 2 nitrogen and oxygen atoms in total. The second kappa shape index (κ2) is 4.12. The van der Waals surface area contributed by atoms with Crippen LogP contribution >= 0.6 is 0 Å². The molecule has 0 saturated carbocycles. The van der Waals surface area contributed by atoms with Crippen molar-refractivity contribution in [3.05, 3.63) is 52.3 Å². The predicted octanol–water partition coefficient (Wildman–Crippen LogP) is 2.94. The summed E-state index contributed by atoms with van der Waals surface area (Å²) >= 11 is 0. The number of hydrogen-bond donors (Lipinski definition) is 0. The summed E-state index contributed by atoms with van der Waals surface area (Å²) in [5.74, 6) is 0. The maximum absolute atomic E-state index is 4.44. The van der Waals surface area contributed by atoms with Crippen LogP contribution in [0.15, 0.2) is 24.3 Å². The Morgan fingerprint density at radius 1 is 1.06 bits per heavy atom. The number of aromatic nitrogens is 2. The smallest absolute Gasteiger partial charge is 0.0625 e. The molecule has 1 aromatic heterocycles. The van der Waals surface area contributed by atoms with Gasteiger partial charge in [0.2, 0.25) is 0 Å². The summed E-state index contributed by atoms with van der Waals surface area (Å²) in [5, 5.41) is 4.44. The van der Waals surface area contributed by atoms with Gasteiger partial charge in [-0.3, -0.25) is 4.68 Å². The first-order valence-electron chi connectivity index (χ1n) is 5.62. The van der Waals surface area contributed by atoms with Crippen LogP contribution in [0, 0.1) is 20.8 Å². The summed E-state index contributed by atoms with van der Waals surface area (Å²) in [5.41, 5.74) is 6.40. The first-order chi connectivity index (χ1) is 7.58. The minimum absolute atomic E-state index is 0.962. The largest absolute Gasteiger partial charge is 0.272 e. The zero-order valence-corrected chi connectivity index (χ0v) is 10.4. The Labute approximate surface area is 96.9 Å². The average molecular weight is 214 g/mol. The summed E-state index contributed by atoms with van der Waals surface area (Å²) in [4.78, 5) is 0. The molecule has 0 unspecified atom stereocenters. The molecule has 0 radical (unpaired) electrons. The SMILES string of the molecule is Cc1ccc(Cc2c(C)c(C)nn2C)cc1. The molecule has 0 aliphatic rings. The molecule has 0 amide bonds. The van der Waals surface area contributed by atoms with E-state index >= 15 is 0 Å². The van der Waals surface area contributed by atoms with Crippen molar-refractivity contribution < 1.29 is 0 Å². The molecule has 0 aliphatic heterocycles. The van der Waals surface area contributed by atoms with Crippen molar-refractivity contribution in [1.82, 2.24) is 9.78 Å². The first-order valence-corrected chi connectivity index (χ1v) is 5.62. The molecule has 0 saturated heterocycles. The van der Waals surface area contributed by atoms with E-state index in [1.54, 1.807) is 0 Å². The van der Waals surface area contributed by atoms with Crippen LogP contribution in [0.5, 0.6) is 0 Å². The van der Waals surface area contributed by atoms with Gasteiger partial charge in [0.15, 0.2) is 0 Å². The summed E-state index contributed by atoms with van der Waals surface area (Å²) in [6, 6.07) is 8.70. The number of benzene rings is 1. The molecule has 1 aromatic carbocycles. The lowest BCUT2D eigenvalue weighted by atomic mass is 10.0. The third-order valence-electron chi connectivity index (χ3n) is 3.16. The zero-order valence-electron chi connectivity index (χ0n) is 10.4. The number of aryl methyl sites for hydroxylation is 3. The van der Waals surface area contributed by atoms with Gasteiger partial charge in [-0.05, 0) is 31.9 Å². The molecular weight excluding hydrogens is 196 g/mol. The first kappa shape index (κ1) is 10.9. The third-order valence-corrected chi connectivity index (χ3v) is 3.16. The van der Waals surface area contributed by atoms with Crippen molar-refractivity contribution in [3.63, 3.8) is 0 Å². The molecule has 0 atom stereocenters. The van der Waals surface area contributed by atoms with E-state index in [1.165, 1.54) is 22.4 Å². The lowest BCUT2D eigenvalue weighted by molar-refractivity contribution is 0.716. The van der Waals surface area contributed by atoms with Crippen LogP contribution in [0.3, 0.4) is 0 Å². The molecule has 16 heavy (non-hydrogen) atoms. The van der Waals surface area contributed by atoms with Gasteiger partial charge >= 0.3 is 0 Å². The van der Waals surface area contributed by atoms with Crippen LogP contribution in [0.4, 0.5) is 0 Å². The van der Waals surface area contributed by atoms with E-state index in [0.29, 0.717) is 0 Å². The summed E-state index contributed by atoms with van der Waals surface area (Å²) in [6.07, 6.45) is 0.962. The molecule has 2 rings (SSSR count). The van der Waals surface area contributed by atoms with E-state index < -0.39 is 0 Å². The normalized spacial score (nSPS) is 10.8. The van der Waals surface area contributed by atoms with E-state index in [9.17, 15) is 0 Å². The fourth-order valence-electron chi connectivity index (χ4n) is 1.96. The summed E-state index contributed by atoms with van der Waals surface area (Å²) in [7, 11) is 2.02. The Balaban J connectivity index is 2.30. The molecule has 0 N–H and O–H groups in total. The van der Waals surface area contributed by atoms with Gasteiger partial charge in [0.1, 0.15) is 0 Å². The molecule has 1 heterocycles. The van der Waals surface area contributed by atoms with Gasteiger partial charge in [-0.2, -0.15) is 5.10 Å². The second-order valence-corrected chi connectivity index (χ2v) is 4.44. The fraction of sp³-hybridized carbons (Fsp3) is 0.357. The van der Waals surface area contributed by atoms with E-state index in [2.05, 4.69) is 50.1 Å². The minimum Gasteiger partial charge on any atom is -0.272 e. The number of hydrogen-bond acceptors (Lipinski definition) is 1. The Morgan fingerprint density at radius 3 is 2.19 bits per heavy atom. The minimum atomic E-state index is 0.962. The predicted molar refractivity (Wildman–Crippen MR) is 66.7 cm³/mol. The van der Waals surface area contributed by atoms with Crippen LogP contribution in [-0.2, 0) is 13.5 Å². The molecule has 0 aliphatic carbocycles.